The maximum absolute atomic E-state index is 11.0. The summed E-state index contributed by atoms with van der Waals surface area (Å²) in [5.41, 5.74) is 0.432. The first-order valence-corrected chi connectivity index (χ1v) is 9.53. The Kier molecular flexibility index (Phi) is 7.31. The van der Waals surface area contributed by atoms with Gasteiger partial charge in [-0.25, -0.2) is 4.79 Å². The molecule has 0 bridgehead atoms. The molecule has 0 aliphatic carbocycles. The zero-order valence-corrected chi connectivity index (χ0v) is 11.8. The van der Waals surface area contributed by atoms with Crippen molar-refractivity contribution in [1.82, 2.24) is 0 Å². The van der Waals surface area contributed by atoms with E-state index in [1.807, 2.05) is 6.92 Å². The van der Waals surface area contributed by atoms with Crippen LogP contribution in [0.3, 0.4) is 0 Å². The van der Waals surface area contributed by atoms with E-state index in [1.165, 1.54) is 0 Å². The highest BCUT2D eigenvalue weighted by Crippen LogP contribution is 2.26. The molecule has 0 fully saturated rings. The minimum atomic E-state index is -1.99. The standard InChI is InChI=1S/C10H18Cl2O2Si/c1-4-15(11,12)8-6-5-7-14-10(13)9(2)3/h2,4-8H2,1,3H3. The van der Waals surface area contributed by atoms with Crippen molar-refractivity contribution in [2.45, 2.75) is 38.8 Å². The number of rotatable bonds is 7. The molecule has 15 heavy (non-hydrogen) atoms. The van der Waals surface area contributed by atoms with E-state index in [2.05, 4.69) is 6.58 Å². The summed E-state index contributed by atoms with van der Waals surface area (Å²) in [6.45, 7) is 5.57. The van der Waals surface area contributed by atoms with Crippen molar-refractivity contribution < 1.29 is 9.53 Å². The molecule has 0 atom stereocenters. The summed E-state index contributed by atoms with van der Waals surface area (Å²) in [5.74, 6) is -0.328. The van der Waals surface area contributed by atoms with Gasteiger partial charge in [-0.3, -0.25) is 0 Å². The number of esters is 1. The van der Waals surface area contributed by atoms with Crippen molar-refractivity contribution in [2.24, 2.45) is 0 Å². The third-order valence-electron chi connectivity index (χ3n) is 2.04. The number of ether oxygens (including phenoxy) is 1. The van der Waals surface area contributed by atoms with Crippen molar-refractivity contribution in [3.63, 3.8) is 0 Å². The summed E-state index contributed by atoms with van der Waals surface area (Å²) >= 11 is 12.2. The summed E-state index contributed by atoms with van der Waals surface area (Å²) in [6.07, 6.45) is 1.73. The van der Waals surface area contributed by atoms with Crippen LogP contribution < -0.4 is 0 Å². The number of unbranched alkanes of at least 4 members (excludes halogenated alkanes) is 1. The molecule has 0 radical (unpaired) electrons. The summed E-state index contributed by atoms with van der Waals surface area (Å²) < 4.78 is 4.94. The third kappa shape index (κ3) is 7.88. The maximum Gasteiger partial charge on any atom is 0.333 e. The number of halogens is 2. The van der Waals surface area contributed by atoms with Crippen LogP contribution in [0.25, 0.3) is 0 Å². The first kappa shape index (κ1) is 15.0. The summed E-state index contributed by atoms with van der Waals surface area (Å²) in [4.78, 5) is 11.0. The fourth-order valence-corrected chi connectivity index (χ4v) is 2.87. The molecule has 0 spiro atoms. The van der Waals surface area contributed by atoms with Gasteiger partial charge in [0.15, 0.2) is 0 Å². The molecule has 0 aromatic carbocycles. The van der Waals surface area contributed by atoms with Crippen molar-refractivity contribution in [3.05, 3.63) is 12.2 Å². The molecule has 0 rings (SSSR count). The zero-order chi connectivity index (χ0) is 11.9. The second-order valence-corrected chi connectivity index (χ2v) is 11.4. The maximum atomic E-state index is 11.0. The van der Waals surface area contributed by atoms with Crippen LogP contribution in [0.5, 0.6) is 0 Å². The second kappa shape index (κ2) is 7.31. The average molecular weight is 269 g/mol. The van der Waals surface area contributed by atoms with E-state index in [0.717, 1.165) is 24.9 Å². The molecule has 0 aromatic heterocycles. The second-order valence-electron chi connectivity index (χ2n) is 3.58. The zero-order valence-electron chi connectivity index (χ0n) is 9.32. The Balaban J connectivity index is 3.48. The molecule has 5 heteroatoms. The number of hydrogen-bond donors (Lipinski definition) is 0. The van der Waals surface area contributed by atoms with Gasteiger partial charge >= 0.3 is 5.97 Å². The Morgan fingerprint density at radius 3 is 2.47 bits per heavy atom. The van der Waals surface area contributed by atoms with E-state index in [1.54, 1.807) is 6.92 Å². The van der Waals surface area contributed by atoms with Crippen LogP contribution in [-0.4, -0.2) is 19.3 Å². The summed E-state index contributed by atoms with van der Waals surface area (Å²) in [5, 5.41) is 0. The highest BCUT2D eigenvalue weighted by molar-refractivity contribution is 7.45. The first-order chi connectivity index (χ1) is 6.89. The van der Waals surface area contributed by atoms with E-state index >= 15 is 0 Å². The number of carbonyl (C=O) groups excluding carboxylic acids is 1. The Morgan fingerprint density at radius 1 is 1.40 bits per heavy atom. The molecule has 0 aliphatic rings. The lowest BCUT2D eigenvalue weighted by atomic mass is 10.3. The molecule has 0 saturated heterocycles. The lowest BCUT2D eigenvalue weighted by molar-refractivity contribution is -0.139. The van der Waals surface area contributed by atoms with E-state index in [4.69, 9.17) is 26.9 Å². The van der Waals surface area contributed by atoms with E-state index in [-0.39, 0.29) is 5.97 Å². The Bertz CT molecular complexity index is 229. The number of hydrogen-bond acceptors (Lipinski definition) is 2. The van der Waals surface area contributed by atoms with Gasteiger partial charge in [0.1, 0.15) is 0 Å². The average Bonchev–Trinajstić information content (AvgIpc) is 2.16. The molecule has 0 unspecified atom stereocenters. The van der Waals surface area contributed by atoms with E-state index in [9.17, 15) is 4.79 Å². The lowest BCUT2D eigenvalue weighted by Gasteiger charge is -2.13. The van der Waals surface area contributed by atoms with Gasteiger partial charge in [-0.05, 0) is 25.4 Å². The molecular formula is C10H18Cl2O2Si. The molecule has 0 heterocycles. The molecule has 0 N–H and O–H groups in total. The monoisotopic (exact) mass is 268 g/mol. The highest BCUT2D eigenvalue weighted by atomic mass is 35.7. The minimum absolute atomic E-state index is 0.328. The third-order valence-corrected chi connectivity index (χ3v) is 6.89. The van der Waals surface area contributed by atoms with Gasteiger partial charge in [-0.15, -0.1) is 22.2 Å². The van der Waals surface area contributed by atoms with Crippen LogP contribution in [0.4, 0.5) is 0 Å². The molecule has 88 valence electrons. The Morgan fingerprint density at radius 2 is 2.00 bits per heavy atom. The van der Waals surface area contributed by atoms with Crippen LogP contribution >= 0.6 is 22.2 Å². The predicted molar refractivity (Wildman–Crippen MR) is 67.8 cm³/mol. The van der Waals surface area contributed by atoms with Gasteiger partial charge in [0, 0.05) is 5.57 Å². The summed E-state index contributed by atoms with van der Waals surface area (Å²) in [7, 11) is 0. The lowest BCUT2D eigenvalue weighted by Crippen LogP contribution is -2.16. The predicted octanol–water partition coefficient (Wildman–Crippen LogP) is 3.83. The van der Waals surface area contributed by atoms with Gasteiger partial charge in [0.2, 0.25) is 0 Å². The molecular weight excluding hydrogens is 251 g/mol. The Labute approximate surface area is 102 Å². The van der Waals surface area contributed by atoms with Crippen LogP contribution in [0.2, 0.25) is 12.1 Å². The molecule has 0 aromatic rings. The van der Waals surface area contributed by atoms with Gasteiger partial charge in [0.25, 0.3) is 6.69 Å². The van der Waals surface area contributed by atoms with Crippen molar-refractivity contribution in [1.29, 1.82) is 0 Å². The molecule has 0 amide bonds. The van der Waals surface area contributed by atoms with Gasteiger partial charge in [-0.1, -0.05) is 19.9 Å². The van der Waals surface area contributed by atoms with Crippen LogP contribution in [0.15, 0.2) is 12.2 Å². The largest absolute Gasteiger partial charge is 0.462 e. The van der Waals surface area contributed by atoms with Crippen LogP contribution in [0.1, 0.15) is 26.7 Å². The van der Waals surface area contributed by atoms with Crippen LogP contribution in [-0.2, 0) is 9.53 Å². The SMILES string of the molecule is C=C(C)C(=O)OCCCC[Si](Cl)(Cl)CC. The van der Waals surface area contributed by atoms with Crippen molar-refractivity contribution in [3.8, 4) is 0 Å². The van der Waals surface area contributed by atoms with E-state index in [0.29, 0.717) is 12.2 Å². The fourth-order valence-electron chi connectivity index (χ4n) is 0.951. The van der Waals surface area contributed by atoms with Crippen LogP contribution in [0, 0.1) is 0 Å². The van der Waals surface area contributed by atoms with Gasteiger partial charge in [-0.2, -0.15) is 0 Å². The van der Waals surface area contributed by atoms with Crippen molar-refractivity contribution in [2.75, 3.05) is 6.61 Å². The first-order valence-electron chi connectivity index (χ1n) is 5.09. The van der Waals surface area contributed by atoms with Gasteiger partial charge in [0.05, 0.1) is 6.61 Å². The molecule has 0 aliphatic heterocycles. The minimum Gasteiger partial charge on any atom is -0.462 e. The number of carbonyl (C=O) groups is 1. The van der Waals surface area contributed by atoms with E-state index < -0.39 is 6.69 Å². The Hall–Kier alpha value is 0.00688. The highest BCUT2D eigenvalue weighted by Gasteiger charge is 2.24. The van der Waals surface area contributed by atoms with Gasteiger partial charge < -0.3 is 4.74 Å². The molecule has 2 nitrogen and oxygen atoms in total. The smallest absolute Gasteiger partial charge is 0.333 e. The molecule has 0 saturated carbocycles. The fraction of sp³-hybridized carbons (Fsp3) is 0.700. The normalized spacial score (nSPS) is 11.2. The van der Waals surface area contributed by atoms with Crippen molar-refractivity contribution >= 4 is 34.8 Å². The summed E-state index contributed by atoms with van der Waals surface area (Å²) in [6, 6.07) is 1.72. The quantitative estimate of drug-likeness (QED) is 0.231. The topological polar surface area (TPSA) is 26.3 Å².